The number of aliphatic hydroxyl groups excluding tert-OH is 1. The second kappa shape index (κ2) is 5.01. The molecular weight excluding hydrogens is 260 g/mol. The van der Waals surface area contributed by atoms with E-state index in [0.29, 0.717) is 18.8 Å². The fourth-order valence-electron chi connectivity index (χ4n) is 2.84. The Morgan fingerprint density at radius 1 is 1.50 bits per heavy atom. The fraction of sp³-hybridized carbons (Fsp3) is 0.538. The third-order valence-corrected chi connectivity index (χ3v) is 3.79. The van der Waals surface area contributed by atoms with E-state index in [-0.39, 0.29) is 6.04 Å². The van der Waals surface area contributed by atoms with Crippen LogP contribution in [0.2, 0.25) is 0 Å². The van der Waals surface area contributed by atoms with E-state index in [2.05, 4.69) is 9.97 Å². The van der Waals surface area contributed by atoms with Crippen LogP contribution < -0.4 is 5.73 Å². The molecule has 1 fully saturated rings. The van der Waals surface area contributed by atoms with Gasteiger partial charge in [0.05, 0.1) is 18.0 Å². The molecule has 3 atom stereocenters. The Morgan fingerprint density at radius 3 is 3.05 bits per heavy atom. The third-order valence-electron chi connectivity index (χ3n) is 3.79. The molecule has 2 aromatic heterocycles. The van der Waals surface area contributed by atoms with Crippen molar-refractivity contribution in [3.63, 3.8) is 0 Å². The van der Waals surface area contributed by atoms with Gasteiger partial charge in [0.1, 0.15) is 23.9 Å². The van der Waals surface area contributed by atoms with Gasteiger partial charge in [-0.2, -0.15) is 0 Å². The fourth-order valence-corrected chi connectivity index (χ4v) is 2.84. The van der Waals surface area contributed by atoms with Gasteiger partial charge in [-0.1, -0.05) is 0 Å². The van der Waals surface area contributed by atoms with E-state index >= 15 is 0 Å². The molecule has 3 rings (SSSR count). The van der Waals surface area contributed by atoms with E-state index in [1.165, 1.54) is 13.4 Å². The zero-order valence-corrected chi connectivity index (χ0v) is 11.5. The molecule has 20 heavy (non-hydrogen) atoms. The van der Waals surface area contributed by atoms with Crippen molar-refractivity contribution in [1.82, 2.24) is 14.5 Å². The van der Waals surface area contributed by atoms with Gasteiger partial charge < -0.3 is 24.9 Å². The number of aliphatic hydroxyl groups is 1. The van der Waals surface area contributed by atoms with E-state index in [1.807, 2.05) is 17.6 Å². The summed E-state index contributed by atoms with van der Waals surface area (Å²) in [6.45, 7) is 2.49. The number of ether oxygens (including phenoxy) is 2. The normalized spacial score (nSPS) is 27.1. The average Bonchev–Trinajstić information content (AvgIpc) is 2.77. The molecule has 2 aromatic rings. The molecule has 7 nitrogen and oxygen atoms in total. The molecule has 0 saturated carbocycles. The van der Waals surface area contributed by atoms with Gasteiger partial charge in [0.15, 0.2) is 6.29 Å². The lowest BCUT2D eigenvalue weighted by Gasteiger charge is -2.35. The lowest BCUT2D eigenvalue weighted by atomic mass is 10.0. The van der Waals surface area contributed by atoms with Crippen molar-refractivity contribution in [2.24, 2.45) is 0 Å². The first-order valence-electron chi connectivity index (χ1n) is 6.54. The Kier molecular flexibility index (Phi) is 3.33. The molecule has 0 amide bonds. The first-order valence-corrected chi connectivity index (χ1v) is 6.54. The van der Waals surface area contributed by atoms with Crippen LogP contribution in [0.1, 0.15) is 18.2 Å². The molecule has 0 aliphatic carbocycles. The molecule has 7 heteroatoms. The lowest BCUT2D eigenvalue weighted by molar-refractivity contribution is -0.215. The molecule has 1 saturated heterocycles. The molecule has 3 heterocycles. The van der Waals surface area contributed by atoms with Crippen LogP contribution in [-0.2, 0) is 9.47 Å². The topological polar surface area (TPSA) is 95.4 Å². The second-order valence-corrected chi connectivity index (χ2v) is 4.97. The summed E-state index contributed by atoms with van der Waals surface area (Å²) in [5.74, 6) is 0.446. The summed E-state index contributed by atoms with van der Waals surface area (Å²) in [6.07, 6.45) is 0.756. The standard InChI is InChI=1S/C13H18N4O3/c1-7-5-8-11(14)15-6-16-12(8)17(7)9-3-4-20-13(19-2)10(9)18/h5-6,9-10,13,18H,3-4H2,1-2H3,(H2,14,15,16)/t9-,10+,13+/m0/s1. The Hall–Kier alpha value is -1.70. The van der Waals surface area contributed by atoms with E-state index in [0.717, 1.165) is 16.7 Å². The number of nitrogens with zero attached hydrogens (tertiary/aromatic N) is 3. The summed E-state index contributed by atoms with van der Waals surface area (Å²) < 4.78 is 12.6. The van der Waals surface area contributed by atoms with Crippen molar-refractivity contribution in [2.45, 2.75) is 31.8 Å². The number of hydrogen-bond donors (Lipinski definition) is 2. The van der Waals surface area contributed by atoms with Crippen molar-refractivity contribution < 1.29 is 14.6 Å². The van der Waals surface area contributed by atoms with Crippen LogP contribution in [0.25, 0.3) is 11.0 Å². The van der Waals surface area contributed by atoms with Crippen molar-refractivity contribution in [3.8, 4) is 0 Å². The number of rotatable bonds is 2. The van der Waals surface area contributed by atoms with Crippen molar-refractivity contribution in [2.75, 3.05) is 19.5 Å². The van der Waals surface area contributed by atoms with Gasteiger partial charge >= 0.3 is 0 Å². The number of nitrogen functional groups attached to an aromatic ring is 1. The minimum Gasteiger partial charge on any atom is -0.386 e. The summed E-state index contributed by atoms with van der Waals surface area (Å²) >= 11 is 0. The maximum atomic E-state index is 10.4. The number of anilines is 1. The van der Waals surface area contributed by atoms with Gasteiger partial charge in [0, 0.05) is 12.8 Å². The molecule has 0 radical (unpaired) electrons. The maximum Gasteiger partial charge on any atom is 0.185 e. The third kappa shape index (κ3) is 1.94. The van der Waals surface area contributed by atoms with Crippen molar-refractivity contribution in [3.05, 3.63) is 18.1 Å². The highest BCUT2D eigenvalue weighted by Crippen LogP contribution is 2.32. The number of nitrogens with two attached hydrogens (primary N) is 1. The number of aromatic nitrogens is 3. The van der Waals surface area contributed by atoms with Crippen LogP contribution >= 0.6 is 0 Å². The van der Waals surface area contributed by atoms with Gasteiger partial charge in [-0.3, -0.25) is 0 Å². The monoisotopic (exact) mass is 278 g/mol. The number of methoxy groups -OCH3 is 1. The molecule has 0 unspecified atom stereocenters. The highest BCUT2D eigenvalue weighted by atomic mass is 16.7. The average molecular weight is 278 g/mol. The molecular formula is C13H18N4O3. The second-order valence-electron chi connectivity index (χ2n) is 4.97. The van der Waals surface area contributed by atoms with Gasteiger partial charge in [0.25, 0.3) is 0 Å². The maximum absolute atomic E-state index is 10.4. The Balaban J connectivity index is 2.09. The highest BCUT2D eigenvalue weighted by Gasteiger charge is 2.35. The molecule has 0 bridgehead atoms. The van der Waals surface area contributed by atoms with E-state index in [1.54, 1.807) is 0 Å². The van der Waals surface area contributed by atoms with Crippen LogP contribution in [0.4, 0.5) is 5.82 Å². The molecule has 1 aliphatic rings. The highest BCUT2D eigenvalue weighted by molar-refractivity contribution is 5.87. The number of hydrogen-bond acceptors (Lipinski definition) is 6. The van der Waals surface area contributed by atoms with Crippen LogP contribution in [0.15, 0.2) is 12.4 Å². The Labute approximate surface area is 116 Å². The van der Waals surface area contributed by atoms with Gasteiger partial charge in [-0.05, 0) is 19.4 Å². The lowest BCUT2D eigenvalue weighted by Crippen LogP contribution is -2.43. The van der Waals surface area contributed by atoms with Gasteiger partial charge in [-0.15, -0.1) is 0 Å². The smallest absolute Gasteiger partial charge is 0.185 e. The number of aryl methyl sites for hydroxylation is 1. The van der Waals surface area contributed by atoms with Crippen molar-refractivity contribution >= 4 is 16.9 Å². The molecule has 0 aromatic carbocycles. The first-order chi connectivity index (χ1) is 9.63. The zero-order valence-electron chi connectivity index (χ0n) is 11.5. The van der Waals surface area contributed by atoms with Crippen molar-refractivity contribution in [1.29, 1.82) is 0 Å². The summed E-state index contributed by atoms with van der Waals surface area (Å²) in [5, 5.41) is 11.2. The quantitative estimate of drug-likeness (QED) is 0.836. The molecule has 0 spiro atoms. The zero-order chi connectivity index (χ0) is 14.3. The summed E-state index contributed by atoms with van der Waals surface area (Å²) in [5.41, 5.74) is 7.59. The molecule has 108 valence electrons. The van der Waals surface area contributed by atoms with Gasteiger partial charge in [-0.25, -0.2) is 9.97 Å². The minimum absolute atomic E-state index is 0.152. The minimum atomic E-state index is -0.751. The summed E-state index contributed by atoms with van der Waals surface area (Å²) in [7, 11) is 1.52. The largest absolute Gasteiger partial charge is 0.386 e. The predicted molar refractivity (Wildman–Crippen MR) is 73.1 cm³/mol. The molecule has 1 aliphatic heterocycles. The SMILES string of the molecule is CO[C@@H]1OCC[C@H](n2c(C)cc3c(N)ncnc32)[C@H]1O. The first kappa shape index (κ1) is 13.3. The van der Waals surface area contributed by atoms with Crippen LogP contribution in [0.5, 0.6) is 0 Å². The van der Waals surface area contributed by atoms with Crippen LogP contribution in [0.3, 0.4) is 0 Å². The van der Waals surface area contributed by atoms with E-state index in [4.69, 9.17) is 15.2 Å². The van der Waals surface area contributed by atoms with Gasteiger partial charge in [0.2, 0.25) is 0 Å². The summed E-state index contributed by atoms with van der Waals surface area (Å²) in [6, 6.07) is 1.79. The predicted octanol–water partition coefficient (Wildman–Crippen LogP) is 0.617. The van der Waals surface area contributed by atoms with E-state index in [9.17, 15) is 5.11 Å². The Bertz CT molecular complexity index is 627. The van der Waals surface area contributed by atoms with E-state index < -0.39 is 12.4 Å². The number of fused-ring (bicyclic) bond motifs is 1. The van der Waals surface area contributed by atoms with Crippen LogP contribution in [0, 0.1) is 6.92 Å². The summed E-state index contributed by atoms with van der Waals surface area (Å²) in [4.78, 5) is 8.30. The Morgan fingerprint density at radius 2 is 2.30 bits per heavy atom. The molecule has 3 N–H and O–H groups in total. The van der Waals surface area contributed by atoms with Crippen LogP contribution in [-0.4, -0.2) is 45.8 Å².